The summed E-state index contributed by atoms with van der Waals surface area (Å²) in [6.45, 7) is 1.22. The van der Waals surface area contributed by atoms with Crippen LogP contribution >= 0.6 is 0 Å². The van der Waals surface area contributed by atoms with Crippen LogP contribution in [-0.2, 0) is 11.2 Å². The molecule has 0 atom stereocenters. The van der Waals surface area contributed by atoms with E-state index < -0.39 is 29.0 Å². The molecule has 0 aliphatic heterocycles. The summed E-state index contributed by atoms with van der Waals surface area (Å²) in [6, 6.07) is 15.6. The van der Waals surface area contributed by atoms with Crippen LogP contribution in [0.2, 0.25) is 0 Å². The van der Waals surface area contributed by atoms with Gasteiger partial charge in [-0.15, -0.1) is 0 Å². The number of quaternary nitrogens is 1. The van der Waals surface area contributed by atoms with Crippen molar-refractivity contribution in [3.63, 3.8) is 0 Å². The summed E-state index contributed by atoms with van der Waals surface area (Å²) in [5, 5.41) is 3.00. The minimum Gasteiger partial charge on any atom is -0.494 e. The first-order chi connectivity index (χ1) is 19.5. The molecule has 0 aliphatic carbocycles. The molecule has 0 spiro atoms. The molecule has 0 radical (unpaired) electrons. The molecule has 0 saturated heterocycles. The van der Waals surface area contributed by atoms with Crippen LogP contribution in [0, 0.1) is 17.5 Å². The Kier molecular flexibility index (Phi) is 11.8. The van der Waals surface area contributed by atoms with Crippen molar-refractivity contribution in [3.05, 3.63) is 89.2 Å². The molecule has 0 saturated carbocycles. The third-order valence-corrected chi connectivity index (χ3v) is 6.49. The van der Waals surface area contributed by atoms with Crippen molar-refractivity contribution in [1.29, 1.82) is 0 Å². The molecule has 0 aromatic heterocycles. The molecule has 220 valence electrons. The van der Waals surface area contributed by atoms with E-state index in [0.717, 1.165) is 48.6 Å². The Labute approximate surface area is 239 Å². The summed E-state index contributed by atoms with van der Waals surface area (Å²) in [5.41, 5.74) is 1.78. The molecule has 1 N–H and O–H groups in total. The smallest absolute Gasteiger partial charge is 0.343 e. The number of nitrogens with zero attached hydrogens (tertiary/aromatic N) is 1. The Balaban J connectivity index is 1.21. The normalized spacial score (nSPS) is 11.3. The summed E-state index contributed by atoms with van der Waals surface area (Å²) in [7, 11) is 6.33. The van der Waals surface area contributed by atoms with Gasteiger partial charge in [-0.3, -0.25) is 9.28 Å². The van der Waals surface area contributed by atoms with Gasteiger partial charge in [0.25, 0.3) is 0 Å². The molecule has 0 unspecified atom stereocenters. The van der Waals surface area contributed by atoms with Crippen molar-refractivity contribution < 1.29 is 32.2 Å². The number of hydrogen-bond acceptors (Lipinski definition) is 4. The third kappa shape index (κ3) is 10.6. The first-order valence-electron chi connectivity index (χ1n) is 13.8. The molecule has 0 fully saturated rings. The molecule has 6 nitrogen and oxygen atoms in total. The lowest BCUT2D eigenvalue weighted by Gasteiger charge is -2.23. The number of hydrogen-bond donors (Lipinski definition) is 1. The van der Waals surface area contributed by atoms with Gasteiger partial charge in [0.15, 0.2) is 17.5 Å². The monoisotopic (exact) mass is 571 g/mol. The number of carbonyl (C=O) groups is 2. The highest BCUT2D eigenvalue weighted by Gasteiger charge is 2.17. The van der Waals surface area contributed by atoms with Crippen LogP contribution in [0.15, 0.2) is 60.7 Å². The average Bonchev–Trinajstić information content (AvgIpc) is 2.93. The molecule has 41 heavy (non-hydrogen) atoms. The lowest BCUT2D eigenvalue weighted by atomic mass is 10.1. The lowest BCUT2D eigenvalue weighted by Crippen LogP contribution is -2.34. The van der Waals surface area contributed by atoms with Gasteiger partial charge in [0, 0.05) is 6.54 Å². The fourth-order valence-electron chi connectivity index (χ4n) is 4.10. The quantitative estimate of drug-likeness (QED) is 0.0734. The van der Waals surface area contributed by atoms with Gasteiger partial charge in [-0.1, -0.05) is 37.8 Å². The molecule has 3 aromatic carbocycles. The number of rotatable bonds is 15. The second-order valence-electron chi connectivity index (χ2n) is 10.8. The largest absolute Gasteiger partial charge is 0.494 e. The van der Waals surface area contributed by atoms with Crippen LogP contribution in [-0.4, -0.2) is 46.2 Å². The maximum atomic E-state index is 13.3. The second-order valence-corrected chi connectivity index (χ2v) is 10.8. The van der Waals surface area contributed by atoms with Gasteiger partial charge in [0.2, 0.25) is 5.91 Å². The van der Waals surface area contributed by atoms with Crippen LogP contribution in [0.3, 0.4) is 0 Å². The number of ether oxygens (including phenoxy) is 2. The Hall–Kier alpha value is -3.85. The van der Waals surface area contributed by atoms with E-state index in [1.807, 2.05) is 12.1 Å². The predicted octanol–water partition coefficient (Wildman–Crippen LogP) is 6.60. The van der Waals surface area contributed by atoms with Gasteiger partial charge >= 0.3 is 5.97 Å². The van der Waals surface area contributed by atoms with E-state index in [2.05, 4.69) is 38.6 Å². The topological polar surface area (TPSA) is 64.6 Å². The van der Waals surface area contributed by atoms with E-state index in [1.54, 1.807) is 12.1 Å². The molecular weight excluding hydrogens is 533 g/mol. The first kappa shape index (κ1) is 31.7. The van der Waals surface area contributed by atoms with E-state index in [4.69, 9.17) is 9.47 Å². The standard InChI is InChI=1S/C32H37F3N2O4/c1-37(2,3)25-12-10-23(11-13-25)20-30(38)36-18-8-6-4-5-7-9-19-40-26-14-16-27(17-15-26)41-32(39)24-21-28(33)31(35)29(34)22-24/h10-17,21-22H,4-9,18-20H2,1-3H3/p+1. The van der Waals surface area contributed by atoms with Gasteiger partial charge in [0.05, 0.1) is 39.7 Å². The number of esters is 1. The second kappa shape index (κ2) is 15.2. The SMILES string of the molecule is C[N+](C)(C)c1ccc(CC(=O)NCCCCCCCCOc2ccc(OC(=O)c3cc(F)c(F)c(F)c3)cc2)cc1. The Morgan fingerprint density at radius 2 is 1.32 bits per heavy atom. The maximum Gasteiger partial charge on any atom is 0.343 e. The number of nitrogens with one attached hydrogen (secondary N) is 1. The number of benzene rings is 3. The molecule has 3 rings (SSSR count). The number of amides is 1. The molecule has 3 aromatic rings. The molecule has 9 heteroatoms. The van der Waals surface area contributed by atoms with E-state index in [1.165, 1.54) is 17.8 Å². The van der Waals surface area contributed by atoms with Crippen molar-refractivity contribution in [1.82, 2.24) is 9.80 Å². The number of unbranched alkanes of at least 4 members (excludes halogenated alkanes) is 5. The Morgan fingerprint density at radius 3 is 1.93 bits per heavy atom. The first-order valence-corrected chi connectivity index (χ1v) is 13.8. The minimum absolute atomic E-state index is 0.0463. The summed E-state index contributed by atoms with van der Waals surface area (Å²) in [6.07, 6.45) is 6.48. The fraction of sp³-hybridized carbons (Fsp3) is 0.375. The lowest BCUT2D eigenvalue weighted by molar-refractivity contribution is -0.120. The van der Waals surface area contributed by atoms with Crippen LogP contribution in [0.1, 0.15) is 54.4 Å². The zero-order valence-electron chi connectivity index (χ0n) is 23.9. The van der Waals surface area contributed by atoms with E-state index >= 15 is 0 Å². The van der Waals surface area contributed by atoms with Crippen LogP contribution < -0.4 is 19.3 Å². The zero-order chi connectivity index (χ0) is 29.8. The van der Waals surface area contributed by atoms with E-state index in [-0.39, 0.29) is 11.7 Å². The molecule has 0 aliphatic rings. The molecular formula is C32H38F3N2O4+. The average molecular weight is 572 g/mol. The van der Waals surface area contributed by atoms with Crippen molar-refractivity contribution >= 4 is 17.6 Å². The van der Waals surface area contributed by atoms with Crippen molar-refractivity contribution in [2.24, 2.45) is 0 Å². The van der Waals surface area contributed by atoms with Crippen LogP contribution in [0.4, 0.5) is 18.9 Å². The summed E-state index contributed by atoms with van der Waals surface area (Å²) in [4.78, 5) is 24.3. The van der Waals surface area contributed by atoms with Crippen molar-refractivity contribution in [2.75, 3.05) is 34.3 Å². The van der Waals surface area contributed by atoms with Crippen molar-refractivity contribution in [3.8, 4) is 11.5 Å². The van der Waals surface area contributed by atoms with Gasteiger partial charge in [-0.25, -0.2) is 18.0 Å². The van der Waals surface area contributed by atoms with E-state index in [0.29, 0.717) is 37.5 Å². The molecule has 0 heterocycles. The predicted molar refractivity (Wildman–Crippen MR) is 154 cm³/mol. The molecule has 0 bridgehead atoms. The molecule has 1 amide bonds. The third-order valence-electron chi connectivity index (χ3n) is 6.49. The minimum atomic E-state index is -1.64. The zero-order valence-corrected chi connectivity index (χ0v) is 23.9. The van der Waals surface area contributed by atoms with Crippen LogP contribution in [0.5, 0.6) is 11.5 Å². The van der Waals surface area contributed by atoms with Gasteiger partial charge in [-0.05, 0) is 66.9 Å². The van der Waals surface area contributed by atoms with Gasteiger partial charge in [0.1, 0.15) is 17.2 Å². The summed E-state index contributed by atoms with van der Waals surface area (Å²) in [5.74, 6) is -4.75. The summed E-state index contributed by atoms with van der Waals surface area (Å²) >= 11 is 0. The fourth-order valence-corrected chi connectivity index (χ4v) is 4.10. The maximum absolute atomic E-state index is 13.3. The highest BCUT2D eigenvalue weighted by Crippen LogP contribution is 2.21. The number of halogens is 3. The van der Waals surface area contributed by atoms with Gasteiger partial charge in [-0.2, -0.15) is 0 Å². The Bertz CT molecular complexity index is 1270. The highest BCUT2D eigenvalue weighted by molar-refractivity contribution is 5.91. The van der Waals surface area contributed by atoms with Crippen molar-refractivity contribution in [2.45, 2.75) is 44.9 Å². The van der Waals surface area contributed by atoms with Gasteiger partial charge < -0.3 is 14.8 Å². The van der Waals surface area contributed by atoms with Crippen LogP contribution in [0.25, 0.3) is 0 Å². The van der Waals surface area contributed by atoms with E-state index in [9.17, 15) is 22.8 Å². The summed E-state index contributed by atoms with van der Waals surface area (Å²) < 4.78 is 51.2. The Morgan fingerprint density at radius 1 is 0.756 bits per heavy atom. The number of carbonyl (C=O) groups excluding carboxylic acids is 2. The highest BCUT2D eigenvalue weighted by atomic mass is 19.2.